The van der Waals surface area contributed by atoms with Crippen LogP contribution in [0.15, 0.2) is 24.3 Å². The molecule has 0 spiro atoms. The molecule has 1 amide bonds. The van der Waals surface area contributed by atoms with Gasteiger partial charge in [0, 0.05) is 19.6 Å². The SMILES string of the molecule is CCN(Cc1ccccc1C)C(=O)[C@@H]1CC[C@H](CN)O1.Cl. The van der Waals surface area contributed by atoms with Gasteiger partial charge in [0.05, 0.1) is 6.10 Å². The first-order valence-corrected chi connectivity index (χ1v) is 7.34. The number of likely N-dealkylation sites (N-methyl/N-ethyl adjacent to an activating group) is 1. The molecule has 2 N–H and O–H groups in total. The summed E-state index contributed by atoms with van der Waals surface area (Å²) in [6.45, 7) is 5.92. The van der Waals surface area contributed by atoms with Gasteiger partial charge in [0.15, 0.2) is 0 Å². The summed E-state index contributed by atoms with van der Waals surface area (Å²) in [7, 11) is 0. The first-order chi connectivity index (χ1) is 9.65. The minimum Gasteiger partial charge on any atom is -0.364 e. The molecule has 1 heterocycles. The minimum atomic E-state index is -0.312. The Balaban J connectivity index is 0.00000220. The molecular weight excluding hydrogens is 288 g/mol. The number of hydrogen-bond acceptors (Lipinski definition) is 3. The molecule has 1 aliphatic heterocycles. The summed E-state index contributed by atoms with van der Waals surface area (Å²) in [6, 6.07) is 8.17. The van der Waals surface area contributed by atoms with E-state index in [0.29, 0.717) is 19.6 Å². The van der Waals surface area contributed by atoms with Crippen LogP contribution in [-0.4, -0.2) is 36.1 Å². The lowest BCUT2D eigenvalue weighted by Gasteiger charge is -2.25. The maximum atomic E-state index is 12.5. The van der Waals surface area contributed by atoms with Crippen LogP contribution in [0.2, 0.25) is 0 Å². The highest BCUT2D eigenvalue weighted by atomic mass is 35.5. The van der Waals surface area contributed by atoms with Gasteiger partial charge in [-0.1, -0.05) is 24.3 Å². The van der Waals surface area contributed by atoms with E-state index in [1.54, 1.807) is 0 Å². The average molecular weight is 313 g/mol. The number of hydrogen-bond donors (Lipinski definition) is 1. The molecular formula is C16H25ClN2O2. The van der Waals surface area contributed by atoms with Crippen LogP contribution in [0, 0.1) is 6.92 Å². The first kappa shape index (κ1) is 18.0. The molecule has 0 aliphatic carbocycles. The quantitative estimate of drug-likeness (QED) is 0.907. The lowest BCUT2D eigenvalue weighted by atomic mass is 10.1. The number of rotatable bonds is 5. The number of nitrogens with zero attached hydrogens (tertiary/aromatic N) is 1. The number of amides is 1. The van der Waals surface area contributed by atoms with Crippen molar-refractivity contribution in [1.82, 2.24) is 4.90 Å². The van der Waals surface area contributed by atoms with Crippen molar-refractivity contribution in [2.75, 3.05) is 13.1 Å². The zero-order valence-electron chi connectivity index (χ0n) is 12.7. The van der Waals surface area contributed by atoms with Crippen molar-refractivity contribution >= 4 is 18.3 Å². The monoisotopic (exact) mass is 312 g/mol. The molecule has 1 aromatic rings. The summed E-state index contributed by atoms with van der Waals surface area (Å²) in [5.74, 6) is 0.0895. The van der Waals surface area contributed by atoms with Gasteiger partial charge in [0.25, 0.3) is 5.91 Å². The summed E-state index contributed by atoms with van der Waals surface area (Å²) in [4.78, 5) is 14.4. The van der Waals surface area contributed by atoms with Gasteiger partial charge >= 0.3 is 0 Å². The highest BCUT2D eigenvalue weighted by Gasteiger charge is 2.32. The third kappa shape index (κ3) is 4.43. The van der Waals surface area contributed by atoms with Crippen LogP contribution in [-0.2, 0) is 16.1 Å². The third-order valence-corrected chi connectivity index (χ3v) is 3.96. The van der Waals surface area contributed by atoms with Gasteiger partial charge in [-0.3, -0.25) is 4.79 Å². The van der Waals surface area contributed by atoms with Crippen LogP contribution >= 0.6 is 12.4 Å². The van der Waals surface area contributed by atoms with Gasteiger partial charge in [-0.25, -0.2) is 0 Å². The lowest BCUT2D eigenvalue weighted by Crippen LogP contribution is -2.39. The number of carbonyl (C=O) groups excluding carboxylic acids is 1. The number of ether oxygens (including phenoxy) is 1. The Morgan fingerprint density at radius 3 is 2.67 bits per heavy atom. The molecule has 1 aromatic carbocycles. The summed E-state index contributed by atoms with van der Waals surface area (Å²) >= 11 is 0. The Bertz CT molecular complexity index is 467. The second kappa shape index (κ2) is 8.37. The van der Waals surface area contributed by atoms with Gasteiger partial charge in [-0.15, -0.1) is 12.4 Å². The largest absolute Gasteiger partial charge is 0.364 e. The van der Waals surface area contributed by atoms with Crippen LogP contribution in [0.4, 0.5) is 0 Å². The Morgan fingerprint density at radius 2 is 2.10 bits per heavy atom. The lowest BCUT2D eigenvalue weighted by molar-refractivity contribution is -0.143. The molecule has 1 fully saturated rings. The van der Waals surface area contributed by atoms with E-state index in [4.69, 9.17) is 10.5 Å². The molecule has 118 valence electrons. The number of halogens is 1. The van der Waals surface area contributed by atoms with Gasteiger partial charge in [0.1, 0.15) is 6.10 Å². The predicted molar refractivity (Wildman–Crippen MR) is 86.5 cm³/mol. The molecule has 5 heteroatoms. The van der Waals surface area contributed by atoms with E-state index in [0.717, 1.165) is 12.8 Å². The normalized spacial score (nSPS) is 20.9. The van der Waals surface area contributed by atoms with Crippen LogP contribution in [0.3, 0.4) is 0 Å². The average Bonchev–Trinajstić information content (AvgIpc) is 2.94. The van der Waals surface area contributed by atoms with Crippen molar-refractivity contribution in [3.63, 3.8) is 0 Å². The van der Waals surface area contributed by atoms with Crippen LogP contribution in [0.1, 0.15) is 30.9 Å². The maximum Gasteiger partial charge on any atom is 0.252 e. The second-order valence-corrected chi connectivity index (χ2v) is 5.34. The standard InChI is InChI=1S/C16H24N2O2.ClH/c1-3-18(11-13-7-5-4-6-12(13)2)16(19)15-9-8-14(10-17)20-15;/h4-7,14-15H,3,8-11,17H2,1-2H3;1H/t14-,15+;/m1./s1. The van der Waals surface area contributed by atoms with Crippen molar-refractivity contribution < 1.29 is 9.53 Å². The first-order valence-electron chi connectivity index (χ1n) is 7.34. The van der Waals surface area contributed by atoms with E-state index in [1.807, 2.05) is 24.0 Å². The Morgan fingerprint density at radius 1 is 1.38 bits per heavy atom. The number of aryl methyl sites for hydroxylation is 1. The molecule has 0 saturated carbocycles. The van der Waals surface area contributed by atoms with Gasteiger partial charge in [-0.2, -0.15) is 0 Å². The topological polar surface area (TPSA) is 55.6 Å². The molecule has 4 nitrogen and oxygen atoms in total. The Labute approximate surface area is 133 Å². The third-order valence-electron chi connectivity index (χ3n) is 3.96. The highest BCUT2D eigenvalue weighted by Crippen LogP contribution is 2.22. The number of benzene rings is 1. The molecule has 2 rings (SSSR count). The molecule has 0 bridgehead atoms. The van der Waals surface area contributed by atoms with E-state index in [9.17, 15) is 4.79 Å². The molecule has 1 aliphatic rings. The summed E-state index contributed by atoms with van der Waals surface area (Å²) in [5, 5.41) is 0. The van der Waals surface area contributed by atoms with Crippen LogP contribution in [0.25, 0.3) is 0 Å². The Kier molecular flexibility index (Phi) is 7.15. The molecule has 1 saturated heterocycles. The fraction of sp³-hybridized carbons (Fsp3) is 0.562. The smallest absolute Gasteiger partial charge is 0.252 e. The summed E-state index contributed by atoms with van der Waals surface area (Å²) in [6.07, 6.45) is 1.40. The van der Waals surface area contributed by atoms with Gasteiger partial charge < -0.3 is 15.4 Å². The van der Waals surface area contributed by atoms with E-state index in [2.05, 4.69) is 19.1 Å². The maximum absolute atomic E-state index is 12.5. The fourth-order valence-electron chi connectivity index (χ4n) is 2.60. The van der Waals surface area contributed by atoms with Gasteiger partial charge in [0.2, 0.25) is 0 Å². The van der Waals surface area contributed by atoms with E-state index in [-0.39, 0.29) is 30.5 Å². The summed E-state index contributed by atoms with van der Waals surface area (Å²) in [5.41, 5.74) is 8.00. The van der Waals surface area contributed by atoms with Crippen LogP contribution < -0.4 is 5.73 Å². The number of carbonyl (C=O) groups is 1. The number of nitrogens with two attached hydrogens (primary N) is 1. The van der Waals surface area contributed by atoms with Crippen LogP contribution in [0.5, 0.6) is 0 Å². The molecule has 0 radical (unpaired) electrons. The predicted octanol–water partition coefficient (Wildman–Crippen LogP) is 2.27. The second-order valence-electron chi connectivity index (χ2n) is 5.34. The van der Waals surface area contributed by atoms with Crippen molar-refractivity contribution in [3.05, 3.63) is 35.4 Å². The van der Waals surface area contributed by atoms with E-state index < -0.39 is 0 Å². The van der Waals surface area contributed by atoms with Crippen molar-refractivity contribution in [2.24, 2.45) is 5.73 Å². The van der Waals surface area contributed by atoms with E-state index >= 15 is 0 Å². The summed E-state index contributed by atoms with van der Waals surface area (Å²) < 4.78 is 5.71. The minimum absolute atomic E-state index is 0. The van der Waals surface area contributed by atoms with Crippen molar-refractivity contribution in [1.29, 1.82) is 0 Å². The molecule has 0 unspecified atom stereocenters. The van der Waals surface area contributed by atoms with Crippen molar-refractivity contribution in [2.45, 2.75) is 45.4 Å². The zero-order valence-corrected chi connectivity index (χ0v) is 13.6. The molecule has 2 atom stereocenters. The zero-order chi connectivity index (χ0) is 14.5. The highest BCUT2D eigenvalue weighted by molar-refractivity contribution is 5.85. The van der Waals surface area contributed by atoms with Crippen molar-refractivity contribution in [3.8, 4) is 0 Å². The molecule has 21 heavy (non-hydrogen) atoms. The van der Waals surface area contributed by atoms with Gasteiger partial charge in [-0.05, 0) is 37.8 Å². The molecule has 0 aromatic heterocycles. The fourth-order valence-corrected chi connectivity index (χ4v) is 2.60. The Hall–Kier alpha value is -1.10. The van der Waals surface area contributed by atoms with E-state index in [1.165, 1.54) is 11.1 Å².